The molecule has 0 heteroatoms. The zero-order valence-corrected chi connectivity index (χ0v) is 10.4. The maximum atomic E-state index is 2.36. The summed E-state index contributed by atoms with van der Waals surface area (Å²) in [6, 6.07) is 8.87. The largest absolute Gasteiger partial charge is 0.0830 e. The molecule has 0 radical (unpaired) electrons. The maximum Gasteiger partial charge on any atom is -0.0256 e. The molecule has 1 aromatic rings. The zero-order valence-electron chi connectivity index (χ0n) is 10.4. The molecule has 0 spiro atoms. The van der Waals surface area contributed by atoms with Crippen LogP contribution in [0.15, 0.2) is 35.9 Å². The van der Waals surface area contributed by atoms with Crippen LogP contribution in [0.3, 0.4) is 0 Å². The lowest BCUT2D eigenvalue weighted by Gasteiger charge is -2.07. The molecular formula is C15H22. The van der Waals surface area contributed by atoms with Crippen molar-refractivity contribution in [1.82, 2.24) is 0 Å². The van der Waals surface area contributed by atoms with Crippen LogP contribution in [0.4, 0.5) is 0 Å². The molecule has 0 aliphatic rings. The second kappa shape index (κ2) is 5.75. The van der Waals surface area contributed by atoms with E-state index in [1.807, 2.05) is 0 Å². The lowest BCUT2D eigenvalue weighted by Crippen LogP contribution is -1.94. The van der Waals surface area contributed by atoms with E-state index in [0.29, 0.717) is 5.92 Å². The molecule has 82 valence electrons. The van der Waals surface area contributed by atoms with Gasteiger partial charge in [-0.2, -0.15) is 0 Å². The molecule has 15 heavy (non-hydrogen) atoms. The number of rotatable bonds is 4. The van der Waals surface area contributed by atoms with E-state index in [1.54, 1.807) is 0 Å². The number of allylic oxidation sites excluding steroid dienone is 2. The van der Waals surface area contributed by atoms with Crippen LogP contribution < -0.4 is 0 Å². The summed E-state index contributed by atoms with van der Waals surface area (Å²) in [6.45, 7) is 8.77. The van der Waals surface area contributed by atoms with Gasteiger partial charge in [-0.1, -0.05) is 48.4 Å². The van der Waals surface area contributed by atoms with Crippen LogP contribution >= 0.6 is 0 Å². The highest BCUT2D eigenvalue weighted by molar-refractivity contribution is 5.21. The van der Waals surface area contributed by atoms with Crippen LogP contribution in [-0.2, 0) is 6.42 Å². The van der Waals surface area contributed by atoms with Crippen molar-refractivity contribution >= 4 is 0 Å². The molecule has 1 rings (SSSR count). The number of hydrogen-bond donors (Lipinski definition) is 0. The van der Waals surface area contributed by atoms with Gasteiger partial charge in [0.05, 0.1) is 0 Å². The summed E-state index contributed by atoms with van der Waals surface area (Å²) in [6.07, 6.45) is 4.79. The minimum Gasteiger partial charge on any atom is -0.0830 e. The predicted molar refractivity (Wildman–Crippen MR) is 68.1 cm³/mol. The monoisotopic (exact) mass is 202 g/mol. The normalized spacial score (nSPS) is 12.3. The first-order chi connectivity index (χ1) is 7.08. The molecule has 1 unspecified atom stereocenters. The Balaban J connectivity index is 2.43. The van der Waals surface area contributed by atoms with Crippen LogP contribution in [0.25, 0.3) is 0 Å². The molecule has 0 saturated carbocycles. The highest BCUT2D eigenvalue weighted by Gasteiger charge is 1.99. The van der Waals surface area contributed by atoms with Crippen molar-refractivity contribution in [1.29, 1.82) is 0 Å². The van der Waals surface area contributed by atoms with Crippen molar-refractivity contribution in [3.63, 3.8) is 0 Å². The highest BCUT2D eigenvalue weighted by atomic mass is 14.0. The van der Waals surface area contributed by atoms with Gasteiger partial charge in [-0.3, -0.25) is 0 Å². The van der Waals surface area contributed by atoms with Gasteiger partial charge in [0, 0.05) is 0 Å². The Hall–Kier alpha value is -1.04. The number of hydrogen-bond acceptors (Lipinski definition) is 0. The van der Waals surface area contributed by atoms with Crippen LogP contribution in [0.2, 0.25) is 0 Å². The van der Waals surface area contributed by atoms with Crippen LogP contribution in [0.1, 0.15) is 38.3 Å². The predicted octanol–water partition coefficient (Wildman–Crippen LogP) is 4.53. The summed E-state index contributed by atoms with van der Waals surface area (Å²) in [4.78, 5) is 0. The molecule has 0 fully saturated rings. The lowest BCUT2D eigenvalue weighted by molar-refractivity contribution is 0.643. The summed E-state index contributed by atoms with van der Waals surface area (Å²) < 4.78 is 0. The minimum atomic E-state index is 0.691. The van der Waals surface area contributed by atoms with Crippen LogP contribution in [0, 0.1) is 12.8 Å². The fourth-order valence-corrected chi connectivity index (χ4v) is 1.80. The maximum absolute atomic E-state index is 2.36. The molecule has 0 amide bonds. The third-order valence-electron chi connectivity index (χ3n) is 2.63. The standard InChI is InChI=1S/C15H22/c1-12(2)11-14(4)7-10-15-8-5-13(3)6-9-15/h5-6,8-9,11,14H,7,10H2,1-4H3. The quantitative estimate of drug-likeness (QED) is 0.629. The Morgan fingerprint density at radius 2 is 1.80 bits per heavy atom. The van der Waals surface area contributed by atoms with Crippen molar-refractivity contribution in [2.45, 2.75) is 40.5 Å². The third kappa shape index (κ3) is 4.83. The molecule has 0 heterocycles. The van der Waals surface area contributed by atoms with E-state index in [-0.39, 0.29) is 0 Å². The zero-order chi connectivity index (χ0) is 11.3. The fourth-order valence-electron chi connectivity index (χ4n) is 1.80. The average molecular weight is 202 g/mol. The van der Waals surface area contributed by atoms with Crippen molar-refractivity contribution < 1.29 is 0 Å². The van der Waals surface area contributed by atoms with Gasteiger partial charge in [0.25, 0.3) is 0 Å². The first-order valence-electron chi connectivity index (χ1n) is 5.78. The molecule has 0 aliphatic carbocycles. The van der Waals surface area contributed by atoms with E-state index >= 15 is 0 Å². The van der Waals surface area contributed by atoms with Crippen LogP contribution in [-0.4, -0.2) is 0 Å². The number of aryl methyl sites for hydroxylation is 2. The van der Waals surface area contributed by atoms with Gasteiger partial charge in [-0.15, -0.1) is 0 Å². The Morgan fingerprint density at radius 1 is 1.20 bits per heavy atom. The second-order valence-corrected chi connectivity index (χ2v) is 4.75. The Bertz CT molecular complexity index is 312. The van der Waals surface area contributed by atoms with Crippen molar-refractivity contribution in [3.05, 3.63) is 47.0 Å². The Labute approximate surface area is 94.0 Å². The molecule has 0 bridgehead atoms. The van der Waals surface area contributed by atoms with E-state index in [0.717, 1.165) is 0 Å². The van der Waals surface area contributed by atoms with Gasteiger partial charge < -0.3 is 0 Å². The van der Waals surface area contributed by atoms with Crippen molar-refractivity contribution in [2.75, 3.05) is 0 Å². The number of benzene rings is 1. The van der Waals surface area contributed by atoms with Crippen molar-refractivity contribution in [2.24, 2.45) is 5.92 Å². The molecule has 0 saturated heterocycles. The fraction of sp³-hybridized carbons (Fsp3) is 0.467. The molecule has 1 aromatic carbocycles. The Kier molecular flexibility index (Phi) is 4.61. The van der Waals surface area contributed by atoms with E-state index in [9.17, 15) is 0 Å². The minimum absolute atomic E-state index is 0.691. The Morgan fingerprint density at radius 3 is 2.33 bits per heavy atom. The van der Waals surface area contributed by atoms with Gasteiger partial charge in [0.1, 0.15) is 0 Å². The van der Waals surface area contributed by atoms with Gasteiger partial charge in [-0.05, 0) is 45.1 Å². The molecule has 0 N–H and O–H groups in total. The van der Waals surface area contributed by atoms with Crippen molar-refractivity contribution in [3.8, 4) is 0 Å². The summed E-state index contributed by atoms with van der Waals surface area (Å²) in [5, 5.41) is 0. The summed E-state index contributed by atoms with van der Waals surface area (Å²) in [5.74, 6) is 0.691. The molecule has 0 nitrogen and oxygen atoms in total. The van der Waals surface area contributed by atoms with E-state index < -0.39 is 0 Å². The molecular weight excluding hydrogens is 180 g/mol. The first-order valence-corrected chi connectivity index (χ1v) is 5.78. The SMILES string of the molecule is CC(C)=CC(C)CCc1ccc(C)cc1. The lowest BCUT2D eigenvalue weighted by atomic mass is 9.99. The summed E-state index contributed by atoms with van der Waals surface area (Å²) in [7, 11) is 0. The highest BCUT2D eigenvalue weighted by Crippen LogP contribution is 2.13. The van der Waals surface area contributed by atoms with E-state index in [4.69, 9.17) is 0 Å². The summed E-state index contributed by atoms with van der Waals surface area (Å²) in [5.41, 5.74) is 4.22. The van der Waals surface area contributed by atoms with Crippen LogP contribution in [0.5, 0.6) is 0 Å². The average Bonchev–Trinajstić information content (AvgIpc) is 2.16. The topological polar surface area (TPSA) is 0 Å². The smallest absolute Gasteiger partial charge is 0.0256 e. The van der Waals surface area contributed by atoms with E-state index in [2.05, 4.69) is 58.0 Å². The molecule has 1 atom stereocenters. The second-order valence-electron chi connectivity index (χ2n) is 4.75. The van der Waals surface area contributed by atoms with Gasteiger partial charge in [-0.25, -0.2) is 0 Å². The van der Waals surface area contributed by atoms with Gasteiger partial charge in [0.2, 0.25) is 0 Å². The summed E-state index contributed by atoms with van der Waals surface area (Å²) >= 11 is 0. The first kappa shape index (κ1) is 12.0. The third-order valence-corrected chi connectivity index (χ3v) is 2.63. The van der Waals surface area contributed by atoms with Gasteiger partial charge >= 0.3 is 0 Å². The van der Waals surface area contributed by atoms with Gasteiger partial charge in [0.15, 0.2) is 0 Å². The molecule has 0 aromatic heterocycles. The molecule has 0 aliphatic heterocycles. The van der Waals surface area contributed by atoms with E-state index in [1.165, 1.54) is 29.5 Å².